The number of H-pyrrole nitrogens is 1. The molecule has 1 N–H and O–H groups in total. The minimum absolute atomic E-state index is 0.0226. The second kappa shape index (κ2) is 3.46. The number of fused-ring (bicyclic) bond motifs is 1. The second-order valence-corrected chi connectivity index (χ2v) is 3.61. The van der Waals surface area contributed by atoms with E-state index in [1.807, 2.05) is 25.1 Å². The molecule has 2 aromatic rings. The summed E-state index contributed by atoms with van der Waals surface area (Å²) in [7, 11) is 0. The van der Waals surface area contributed by atoms with Crippen LogP contribution in [0.3, 0.4) is 0 Å². The number of hydrogen-bond acceptors (Lipinski definition) is 1. The normalized spacial score (nSPS) is 10.7. The fourth-order valence-corrected chi connectivity index (χ4v) is 1.64. The van der Waals surface area contributed by atoms with Gasteiger partial charge in [0.25, 0.3) is 0 Å². The van der Waals surface area contributed by atoms with Gasteiger partial charge in [0, 0.05) is 22.7 Å². The summed E-state index contributed by atoms with van der Waals surface area (Å²) in [6.45, 7) is 1.99. The van der Waals surface area contributed by atoms with Crippen LogP contribution in [0.4, 0.5) is 0 Å². The minimum atomic E-state index is 0.0226. The monoisotopic (exact) mass is 207 g/mol. The van der Waals surface area contributed by atoms with Crippen LogP contribution in [0.1, 0.15) is 11.3 Å². The molecule has 14 heavy (non-hydrogen) atoms. The van der Waals surface area contributed by atoms with E-state index in [1.54, 1.807) is 6.07 Å². The number of aryl methyl sites for hydroxylation is 1. The third-order valence-corrected chi connectivity index (χ3v) is 2.47. The van der Waals surface area contributed by atoms with Gasteiger partial charge in [-0.15, -0.1) is 11.6 Å². The van der Waals surface area contributed by atoms with Crippen LogP contribution in [-0.4, -0.2) is 4.98 Å². The molecule has 1 aromatic heterocycles. The Bertz CT molecular complexity index is 530. The van der Waals surface area contributed by atoms with Gasteiger partial charge in [-0.25, -0.2) is 0 Å². The molecule has 0 spiro atoms. The molecule has 0 aliphatic heterocycles. The molecule has 0 bridgehead atoms. The smallest absolute Gasteiger partial charge is 0.189 e. The van der Waals surface area contributed by atoms with Gasteiger partial charge in [0.1, 0.15) is 0 Å². The Morgan fingerprint density at radius 1 is 1.36 bits per heavy atom. The van der Waals surface area contributed by atoms with Crippen molar-refractivity contribution in [3.05, 3.63) is 45.7 Å². The number of aromatic nitrogens is 1. The molecule has 0 aliphatic carbocycles. The second-order valence-electron chi connectivity index (χ2n) is 3.34. The van der Waals surface area contributed by atoms with Gasteiger partial charge in [-0.3, -0.25) is 4.79 Å². The maximum atomic E-state index is 11.6. The maximum absolute atomic E-state index is 11.6. The fraction of sp³-hybridized carbons (Fsp3) is 0.182. The Hall–Kier alpha value is -1.28. The number of nitrogens with one attached hydrogen (secondary N) is 1. The van der Waals surface area contributed by atoms with Crippen LogP contribution in [0.15, 0.2) is 29.1 Å². The van der Waals surface area contributed by atoms with Crippen molar-refractivity contribution in [2.45, 2.75) is 12.8 Å². The maximum Gasteiger partial charge on any atom is 0.189 e. The summed E-state index contributed by atoms with van der Waals surface area (Å²) in [5, 5.41) is 0.712. The van der Waals surface area contributed by atoms with Crippen molar-refractivity contribution >= 4 is 22.5 Å². The molecule has 2 nitrogen and oxygen atoms in total. The largest absolute Gasteiger partial charge is 0.357 e. The lowest BCUT2D eigenvalue weighted by molar-refractivity contribution is 1.20. The van der Waals surface area contributed by atoms with Crippen molar-refractivity contribution in [2.75, 3.05) is 0 Å². The average Bonchev–Trinajstić information content (AvgIpc) is 2.16. The van der Waals surface area contributed by atoms with Crippen molar-refractivity contribution in [1.82, 2.24) is 4.98 Å². The van der Waals surface area contributed by atoms with Crippen LogP contribution in [-0.2, 0) is 5.88 Å². The molecule has 0 fully saturated rings. The number of halogens is 1. The Labute approximate surface area is 86.5 Å². The van der Waals surface area contributed by atoms with E-state index in [-0.39, 0.29) is 5.43 Å². The van der Waals surface area contributed by atoms with E-state index >= 15 is 0 Å². The minimum Gasteiger partial charge on any atom is -0.357 e. The summed E-state index contributed by atoms with van der Waals surface area (Å²) in [5.74, 6) is 0.332. The number of aromatic amines is 1. The van der Waals surface area contributed by atoms with Gasteiger partial charge in [0.05, 0.1) is 5.88 Å². The van der Waals surface area contributed by atoms with E-state index < -0.39 is 0 Å². The highest BCUT2D eigenvalue weighted by atomic mass is 35.5. The molecule has 0 radical (unpaired) electrons. The summed E-state index contributed by atoms with van der Waals surface area (Å²) in [4.78, 5) is 14.7. The molecule has 0 saturated carbocycles. The summed E-state index contributed by atoms with van der Waals surface area (Å²) >= 11 is 5.67. The van der Waals surface area contributed by atoms with Crippen molar-refractivity contribution in [2.24, 2.45) is 0 Å². The standard InChI is InChI=1S/C11H10ClNO/c1-7-2-3-9-10(4-7)13-8(6-12)5-11(9)14/h2-5H,6H2,1H3,(H,13,14). The van der Waals surface area contributed by atoms with Crippen molar-refractivity contribution in [1.29, 1.82) is 0 Å². The highest BCUT2D eigenvalue weighted by Crippen LogP contribution is 2.11. The molecule has 2 rings (SSSR count). The number of pyridine rings is 1. The first-order valence-electron chi connectivity index (χ1n) is 4.39. The lowest BCUT2D eigenvalue weighted by Crippen LogP contribution is -2.04. The molecule has 0 atom stereocenters. The molecule has 0 amide bonds. The SMILES string of the molecule is Cc1ccc2c(=O)cc(CCl)[nH]c2c1. The average molecular weight is 208 g/mol. The first kappa shape index (κ1) is 9.28. The van der Waals surface area contributed by atoms with E-state index in [1.165, 1.54) is 0 Å². The number of rotatable bonds is 1. The predicted molar refractivity (Wildman–Crippen MR) is 58.9 cm³/mol. The quantitative estimate of drug-likeness (QED) is 0.717. The lowest BCUT2D eigenvalue weighted by Gasteiger charge is -2.01. The zero-order valence-electron chi connectivity index (χ0n) is 7.80. The molecule has 3 heteroatoms. The predicted octanol–water partition coefficient (Wildman–Crippen LogP) is 2.58. The van der Waals surface area contributed by atoms with Crippen LogP contribution in [0.5, 0.6) is 0 Å². The van der Waals surface area contributed by atoms with E-state index in [0.29, 0.717) is 11.3 Å². The van der Waals surface area contributed by atoms with E-state index in [4.69, 9.17) is 11.6 Å². The van der Waals surface area contributed by atoms with E-state index in [9.17, 15) is 4.79 Å². The lowest BCUT2D eigenvalue weighted by atomic mass is 10.1. The number of alkyl halides is 1. The molecule has 1 heterocycles. The Balaban J connectivity index is 2.84. The van der Waals surface area contributed by atoms with Crippen molar-refractivity contribution in [3.63, 3.8) is 0 Å². The Kier molecular flexibility index (Phi) is 2.30. The molecule has 0 aliphatic rings. The highest BCUT2D eigenvalue weighted by molar-refractivity contribution is 6.16. The third-order valence-electron chi connectivity index (χ3n) is 2.19. The summed E-state index contributed by atoms with van der Waals surface area (Å²) < 4.78 is 0. The first-order chi connectivity index (χ1) is 6.70. The summed E-state index contributed by atoms with van der Waals surface area (Å²) in [5.41, 5.74) is 2.76. The van der Waals surface area contributed by atoms with Gasteiger partial charge in [0.15, 0.2) is 5.43 Å². The van der Waals surface area contributed by atoms with Crippen molar-refractivity contribution in [3.8, 4) is 0 Å². The van der Waals surface area contributed by atoms with Crippen LogP contribution < -0.4 is 5.43 Å². The molecular formula is C11H10ClNO. The van der Waals surface area contributed by atoms with Gasteiger partial charge in [-0.05, 0) is 24.6 Å². The van der Waals surface area contributed by atoms with Crippen molar-refractivity contribution < 1.29 is 0 Å². The molecular weight excluding hydrogens is 198 g/mol. The zero-order chi connectivity index (χ0) is 10.1. The number of hydrogen-bond donors (Lipinski definition) is 1. The molecule has 72 valence electrons. The van der Waals surface area contributed by atoms with Gasteiger partial charge >= 0.3 is 0 Å². The van der Waals surface area contributed by atoms with Gasteiger partial charge < -0.3 is 4.98 Å². The Morgan fingerprint density at radius 2 is 2.14 bits per heavy atom. The molecule has 0 saturated heterocycles. The first-order valence-corrected chi connectivity index (χ1v) is 4.92. The zero-order valence-corrected chi connectivity index (χ0v) is 8.56. The highest BCUT2D eigenvalue weighted by Gasteiger charge is 2.00. The summed E-state index contributed by atoms with van der Waals surface area (Å²) in [6, 6.07) is 7.26. The fourth-order valence-electron chi connectivity index (χ4n) is 1.49. The van der Waals surface area contributed by atoms with E-state index in [2.05, 4.69) is 4.98 Å². The van der Waals surface area contributed by atoms with Crippen LogP contribution in [0.25, 0.3) is 10.9 Å². The molecule has 0 unspecified atom stereocenters. The van der Waals surface area contributed by atoms with Crippen LogP contribution >= 0.6 is 11.6 Å². The third kappa shape index (κ3) is 1.53. The molecule has 1 aromatic carbocycles. The van der Waals surface area contributed by atoms with Gasteiger partial charge in [-0.2, -0.15) is 0 Å². The van der Waals surface area contributed by atoms with Crippen LogP contribution in [0, 0.1) is 6.92 Å². The topological polar surface area (TPSA) is 32.9 Å². The number of benzene rings is 1. The van der Waals surface area contributed by atoms with E-state index in [0.717, 1.165) is 16.8 Å². The van der Waals surface area contributed by atoms with Crippen LogP contribution in [0.2, 0.25) is 0 Å². The van der Waals surface area contributed by atoms with Gasteiger partial charge in [0.2, 0.25) is 0 Å². The van der Waals surface area contributed by atoms with Gasteiger partial charge in [-0.1, -0.05) is 6.07 Å². The Morgan fingerprint density at radius 3 is 2.86 bits per heavy atom. The summed E-state index contributed by atoms with van der Waals surface area (Å²) in [6.07, 6.45) is 0.